The summed E-state index contributed by atoms with van der Waals surface area (Å²) in [5.74, 6) is 0. The highest BCUT2D eigenvalue weighted by atomic mass is 35.5. The van der Waals surface area contributed by atoms with Crippen molar-refractivity contribution in [2.45, 2.75) is 39.3 Å². The van der Waals surface area contributed by atoms with E-state index < -0.39 is 11.9 Å². The molecule has 0 unspecified atom stereocenters. The van der Waals surface area contributed by atoms with Crippen LogP contribution in [0.25, 0.3) is 10.9 Å². The Bertz CT molecular complexity index is 669. The maximum Gasteiger partial charge on any atom is 0.433 e. The van der Waals surface area contributed by atoms with Crippen molar-refractivity contribution in [3.8, 4) is 0 Å². The second kappa shape index (κ2) is 4.62. The first-order chi connectivity index (χ1) is 9.03. The van der Waals surface area contributed by atoms with Gasteiger partial charge in [0.2, 0.25) is 0 Å². The Morgan fingerprint density at radius 1 is 1.10 bits per heavy atom. The molecule has 5 heteroatoms. The summed E-state index contributed by atoms with van der Waals surface area (Å²) in [6.07, 6.45) is -4.51. The number of rotatable bonds is 0. The number of halogens is 4. The van der Waals surface area contributed by atoms with Crippen molar-refractivity contribution < 1.29 is 13.2 Å². The number of nitrogens with zero attached hydrogens (tertiary/aromatic N) is 1. The van der Waals surface area contributed by atoms with Gasteiger partial charge in [0, 0.05) is 5.39 Å². The molecular formula is C15H15ClF3N. The molecule has 0 radical (unpaired) electrons. The minimum atomic E-state index is -4.51. The fraction of sp³-hybridized carbons (Fsp3) is 0.400. The van der Waals surface area contributed by atoms with Gasteiger partial charge in [0.25, 0.3) is 0 Å². The van der Waals surface area contributed by atoms with Crippen LogP contribution >= 0.6 is 11.6 Å². The van der Waals surface area contributed by atoms with Crippen molar-refractivity contribution in [3.63, 3.8) is 0 Å². The number of fused-ring (bicyclic) bond motifs is 1. The number of aromatic nitrogens is 1. The second-order valence-corrected chi connectivity index (χ2v) is 6.23. The van der Waals surface area contributed by atoms with E-state index in [4.69, 9.17) is 11.6 Å². The SMILES string of the molecule is Cc1c(C(F)(F)F)nc2c(C(C)(C)C)cccc2c1Cl. The fourth-order valence-corrected chi connectivity index (χ4v) is 2.47. The van der Waals surface area contributed by atoms with E-state index in [1.54, 1.807) is 18.2 Å². The zero-order chi connectivity index (χ0) is 15.3. The summed E-state index contributed by atoms with van der Waals surface area (Å²) in [6, 6.07) is 5.29. The number of alkyl halides is 3. The van der Waals surface area contributed by atoms with Crippen LogP contribution < -0.4 is 0 Å². The van der Waals surface area contributed by atoms with Crippen LogP contribution in [-0.2, 0) is 11.6 Å². The monoisotopic (exact) mass is 301 g/mol. The van der Waals surface area contributed by atoms with Gasteiger partial charge in [-0.2, -0.15) is 13.2 Å². The zero-order valence-electron chi connectivity index (χ0n) is 11.7. The van der Waals surface area contributed by atoms with E-state index in [-0.39, 0.29) is 16.0 Å². The smallest absolute Gasteiger partial charge is 0.243 e. The minimum absolute atomic E-state index is 0.0299. The van der Waals surface area contributed by atoms with E-state index in [0.717, 1.165) is 5.56 Å². The lowest BCUT2D eigenvalue weighted by Crippen LogP contribution is -2.15. The van der Waals surface area contributed by atoms with Crippen molar-refractivity contribution in [2.24, 2.45) is 0 Å². The molecule has 1 aromatic carbocycles. The normalized spacial score (nSPS) is 13.0. The highest BCUT2D eigenvalue weighted by Gasteiger charge is 2.36. The topological polar surface area (TPSA) is 12.9 Å². The van der Waals surface area contributed by atoms with Gasteiger partial charge in [0.15, 0.2) is 0 Å². The average molecular weight is 302 g/mol. The molecule has 0 aliphatic rings. The Morgan fingerprint density at radius 2 is 1.70 bits per heavy atom. The first kappa shape index (κ1) is 15.1. The molecule has 1 aromatic heterocycles. The van der Waals surface area contributed by atoms with Crippen molar-refractivity contribution in [2.75, 3.05) is 0 Å². The summed E-state index contributed by atoms with van der Waals surface area (Å²) >= 11 is 6.12. The molecule has 2 aromatic rings. The molecule has 0 atom stereocenters. The summed E-state index contributed by atoms with van der Waals surface area (Å²) in [4.78, 5) is 3.86. The Kier molecular flexibility index (Phi) is 3.49. The van der Waals surface area contributed by atoms with E-state index in [0.29, 0.717) is 10.9 Å². The van der Waals surface area contributed by atoms with E-state index in [2.05, 4.69) is 4.98 Å². The van der Waals surface area contributed by atoms with Crippen LogP contribution in [0.1, 0.15) is 37.6 Å². The summed E-state index contributed by atoms with van der Waals surface area (Å²) < 4.78 is 39.2. The highest BCUT2D eigenvalue weighted by Crippen LogP contribution is 2.39. The van der Waals surface area contributed by atoms with Gasteiger partial charge in [-0.25, -0.2) is 4.98 Å². The van der Waals surface area contributed by atoms with Gasteiger partial charge in [0.05, 0.1) is 10.5 Å². The first-order valence-corrected chi connectivity index (χ1v) is 6.58. The molecule has 1 nitrogen and oxygen atoms in total. The van der Waals surface area contributed by atoms with Gasteiger partial charge in [-0.05, 0) is 23.5 Å². The number of benzene rings is 1. The average Bonchev–Trinajstić information content (AvgIpc) is 2.30. The summed E-state index contributed by atoms with van der Waals surface area (Å²) in [5.41, 5.74) is -0.178. The van der Waals surface area contributed by atoms with Crippen LogP contribution in [0.3, 0.4) is 0 Å². The Labute approximate surface area is 120 Å². The van der Waals surface area contributed by atoms with Crippen LogP contribution in [0.5, 0.6) is 0 Å². The molecule has 108 valence electrons. The summed E-state index contributed by atoms with van der Waals surface area (Å²) in [7, 11) is 0. The molecule has 0 amide bonds. The maximum absolute atomic E-state index is 13.1. The van der Waals surface area contributed by atoms with Gasteiger partial charge in [-0.1, -0.05) is 50.6 Å². The molecule has 0 N–H and O–H groups in total. The number of hydrogen-bond donors (Lipinski definition) is 0. The third-order valence-corrected chi connectivity index (χ3v) is 3.74. The third-order valence-electron chi connectivity index (χ3n) is 3.26. The molecule has 0 bridgehead atoms. The van der Waals surface area contributed by atoms with Crippen LogP contribution in [0.15, 0.2) is 18.2 Å². The van der Waals surface area contributed by atoms with Gasteiger partial charge >= 0.3 is 6.18 Å². The Balaban J connectivity index is 2.93. The van der Waals surface area contributed by atoms with Crippen molar-refractivity contribution in [1.29, 1.82) is 0 Å². The molecule has 0 spiro atoms. The molecular weight excluding hydrogens is 287 g/mol. The van der Waals surface area contributed by atoms with Crippen LogP contribution in [0, 0.1) is 6.92 Å². The standard InChI is InChI=1S/C15H15ClF3N/c1-8-11(16)9-6-5-7-10(14(2,3)4)12(9)20-13(8)15(17,18)19/h5-7H,1-4H3. The maximum atomic E-state index is 13.1. The molecule has 2 rings (SSSR count). The molecule has 20 heavy (non-hydrogen) atoms. The molecule has 0 aliphatic heterocycles. The van der Waals surface area contributed by atoms with E-state index in [1.807, 2.05) is 20.8 Å². The number of para-hydroxylation sites is 1. The fourth-order valence-electron chi connectivity index (χ4n) is 2.22. The molecule has 0 aliphatic carbocycles. The van der Waals surface area contributed by atoms with Crippen molar-refractivity contribution in [1.82, 2.24) is 4.98 Å². The molecule has 0 fully saturated rings. The Hall–Kier alpha value is -1.29. The second-order valence-electron chi connectivity index (χ2n) is 5.85. The van der Waals surface area contributed by atoms with Crippen molar-refractivity contribution >= 4 is 22.5 Å². The molecule has 1 heterocycles. The summed E-state index contributed by atoms with van der Waals surface area (Å²) in [6.45, 7) is 7.15. The van der Waals surface area contributed by atoms with Gasteiger partial charge < -0.3 is 0 Å². The largest absolute Gasteiger partial charge is 0.433 e. The molecule has 0 saturated heterocycles. The van der Waals surface area contributed by atoms with Crippen LogP contribution in [-0.4, -0.2) is 4.98 Å². The quantitative estimate of drug-likeness (QED) is 0.625. The minimum Gasteiger partial charge on any atom is -0.243 e. The van der Waals surface area contributed by atoms with Gasteiger partial charge in [-0.15, -0.1) is 0 Å². The van der Waals surface area contributed by atoms with E-state index >= 15 is 0 Å². The predicted molar refractivity (Wildman–Crippen MR) is 75.2 cm³/mol. The van der Waals surface area contributed by atoms with E-state index in [9.17, 15) is 13.2 Å². The van der Waals surface area contributed by atoms with Gasteiger partial charge in [0.1, 0.15) is 5.69 Å². The lowest BCUT2D eigenvalue weighted by atomic mass is 9.85. The number of pyridine rings is 1. The Morgan fingerprint density at radius 3 is 2.20 bits per heavy atom. The summed E-state index contributed by atoms with van der Waals surface area (Å²) in [5, 5.41) is 0.679. The van der Waals surface area contributed by atoms with E-state index in [1.165, 1.54) is 6.92 Å². The van der Waals surface area contributed by atoms with Crippen LogP contribution in [0.2, 0.25) is 5.02 Å². The highest BCUT2D eigenvalue weighted by molar-refractivity contribution is 6.36. The lowest BCUT2D eigenvalue weighted by molar-refractivity contribution is -0.141. The number of hydrogen-bond acceptors (Lipinski definition) is 1. The van der Waals surface area contributed by atoms with Gasteiger partial charge in [-0.3, -0.25) is 0 Å². The first-order valence-electron chi connectivity index (χ1n) is 6.20. The zero-order valence-corrected chi connectivity index (χ0v) is 12.4. The lowest BCUT2D eigenvalue weighted by Gasteiger charge is -2.22. The van der Waals surface area contributed by atoms with Crippen molar-refractivity contribution in [3.05, 3.63) is 40.0 Å². The third kappa shape index (κ3) is 2.49. The predicted octanol–water partition coefficient (Wildman–Crippen LogP) is 5.51. The molecule has 0 saturated carbocycles. The van der Waals surface area contributed by atoms with Crippen LogP contribution in [0.4, 0.5) is 13.2 Å².